The number of rotatable bonds is 4. The van der Waals surface area contributed by atoms with Gasteiger partial charge in [0, 0.05) is 24.7 Å². The van der Waals surface area contributed by atoms with Crippen molar-refractivity contribution in [3.8, 4) is 0 Å². The third-order valence-electron chi connectivity index (χ3n) is 3.38. The summed E-state index contributed by atoms with van der Waals surface area (Å²) in [6.07, 6.45) is 0.688. The molecule has 1 N–H and O–H groups in total. The van der Waals surface area contributed by atoms with E-state index in [1.54, 1.807) is 19.1 Å². The number of hydrogen-bond donors (Lipinski definition) is 1. The monoisotopic (exact) mass is 303 g/mol. The maximum Gasteiger partial charge on any atom is 0.179 e. The molecule has 1 saturated heterocycles. The van der Waals surface area contributed by atoms with Crippen LogP contribution in [0, 0.1) is 0 Å². The van der Waals surface area contributed by atoms with Crippen LogP contribution < -0.4 is 0 Å². The van der Waals surface area contributed by atoms with Crippen molar-refractivity contribution in [3.05, 3.63) is 29.3 Å². The largest absolute Gasteiger partial charge is 0.389 e. The van der Waals surface area contributed by atoms with E-state index in [0.29, 0.717) is 29.4 Å². The van der Waals surface area contributed by atoms with E-state index in [9.17, 15) is 13.5 Å². The van der Waals surface area contributed by atoms with Crippen LogP contribution in [0.5, 0.6) is 0 Å². The van der Waals surface area contributed by atoms with E-state index in [-0.39, 0.29) is 5.75 Å². The van der Waals surface area contributed by atoms with Gasteiger partial charge in [-0.1, -0.05) is 11.6 Å². The zero-order valence-electron chi connectivity index (χ0n) is 10.8. The highest BCUT2D eigenvalue weighted by Crippen LogP contribution is 2.21. The third-order valence-corrected chi connectivity index (χ3v) is 5.34. The SMILES string of the molecule is CC1(O)CCN(CCS(=O)(=O)c2ccc(Cl)cc2)C1. The molecule has 0 aromatic heterocycles. The van der Waals surface area contributed by atoms with Gasteiger partial charge in [-0.3, -0.25) is 4.90 Å². The summed E-state index contributed by atoms with van der Waals surface area (Å²) in [6, 6.07) is 6.21. The van der Waals surface area contributed by atoms with Crippen molar-refractivity contribution >= 4 is 21.4 Å². The normalized spacial score (nSPS) is 24.8. The van der Waals surface area contributed by atoms with E-state index in [2.05, 4.69) is 0 Å². The zero-order valence-corrected chi connectivity index (χ0v) is 12.4. The molecule has 1 unspecified atom stereocenters. The maximum absolute atomic E-state index is 12.1. The van der Waals surface area contributed by atoms with Crippen LogP contribution in [0.2, 0.25) is 5.02 Å². The molecule has 4 nitrogen and oxygen atoms in total. The van der Waals surface area contributed by atoms with E-state index in [0.717, 1.165) is 6.54 Å². The first-order valence-electron chi connectivity index (χ1n) is 6.22. The van der Waals surface area contributed by atoms with Crippen molar-refractivity contribution in [3.63, 3.8) is 0 Å². The number of halogens is 1. The molecule has 0 radical (unpaired) electrons. The minimum atomic E-state index is -3.28. The minimum Gasteiger partial charge on any atom is -0.389 e. The number of nitrogens with zero attached hydrogens (tertiary/aromatic N) is 1. The van der Waals surface area contributed by atoms with Gasteiger partial charge < -0.3 is 5.11 Å². The van der Waals surface area contributed by atoms with E-state index in [1.807, 2.05) is 4.90 Å². The van der Waals surface area contributed by atoms with E-state index in [4.69, 9.17) is 11.6 Å². The van der Waals surface area contributed by atoms with Crippen LogP contribution in [0.15, 0.2) is 29.2 Å². The molecule has 1 atom stereocenters. The van der Waals surface area contributed by atoms with Gasteiger partial charge in [0.2, 0.25) is 0 Å². The number of benzene rings is 1. The van der Waals surface area contributed by atoms with Gasteiger partial charge in [-0.25, -0.2) is 8.42 Å². The fourth-order valence-corrected chi connectivity index (χ4v) is 3.65. The lowest BCUT2D eigenvalue weighted by Gasteiger charge is -2.18. The smallest absolute Gasteiger partial charge is 0.179 e. The zero-order chi connectivity index (χ0) is 14.1. The Hall–Kier alpha value is -0.620. The molecular weight excluding hydrogens is 286 g/mol. The van der Waals surface area contributed by atoms with E-state index >= 15 is 0 Å². The Morgan fingerprint density at radius 3 is 2.53 bits per heavy atom. The number of β-amino-alcohol motifs (C(OH)–C–C–N with tert-alkyl or cyclic N) is 1. The molecule has 0 amide bonds. The minimum absolute atomic E-state index is 0.0602. The molecule has 19 heavy (non-hydrogen) atoms. The third kappa shape index (κ3) is 3.92. The van der Waals surface area contributed by atoms with Gasteiger partial charge in [-0.05, 0) is 37.6 Å². The summed E-state index contributed by atoms with van der Waals surface area (Å²) in [7, 11) is -3.28. The van der Waals surface area contributed by atoms with Crippen LogP contribution >= 0.6 is 11.6 Å². The van der Waals surface area contributed by atoms with Crippen molar-refractivity contribution in [2.45, 2.75) is 23.8 Å². The average molecular weight is 304 g/mol. The highest BCUT2D eigenvalue weighted by atomic mass is 35.5. The first-order valence-corrected chi connectivity index (χ1v) is 8.25. The molecule has 0 saturated carbocycles. The van der Waals surface area contributed by atoms with Crippen LogP contribution in [0.4, 0.5) is 0 Å². The quantitative estimate of drug-likeness (QED) is 0.917. The fourth-order valence-electron chi connectivity index (χ4n) is 2.24. The van der Waals surface area contributed by atoms with Crippen molar-refractivity contribution in [2.75, 3.05) is 25.4 Å². The molecule has 106 valence electrons. The summed E-state index contributed by atoms with van der Waals surface area (Å²) in [5, 5.41) is 10.4. The molecule has 0 aliphatic carbocycles. The molecule has 1 aliphatic heterocycles. The molecule has 2 rings (SSSR count). The fraction of sp³-hybridized carbons (Fsp3) is 0.538. The second-order valence-corrected chi connectivity index (χ2v) is 7.84. The van der Waals surface area contributed by atoms with Gasteiger partial charge >= 0.3 is 0 Å². The predicted octanol–water partition coefficient (Wildman–Crippen LogP) is 1.57. The molecule has 1 aromatic rings. The molecular formula is C13H18ClNO3S. The van der Waals surface area contributed by atoms with E-state index < -0.39 is 15.4 Å². The summed E-state index contributed by atoms with van der Waals surface area (Å²) in [6.45, 7) is 3.49. The second-order valence-electron chi connectivity index (χ2n) is 5.30. The molecule has 0 spiro atoms. The summed E-state index contributed by atoms with van der Waals surface area (Å²) < 4.78 is 24.3. The van der Waals surface area contributed by atoms with Gasteiger partial charge in [0.25, 0.3) is 0 Å². The molecule has 1 heterocycles. The highest BCUT2D eigenvalue weighted by molar-refractivity contribution is 7.91. The number of likely N-dealkylation sites (tertiary alicyclic amines) is 1. The summed E-state index contributed by atoms with van der Waals surface area (Å²) in [5.74, 6) is 0.0602. The number of sulfone groups is 1. The maximum atomic E-state index is 12.1. The Kier molecular flexibility index (Phi) is 4.20. The van der Waals surface area contributed by atoms with Gasteiger partial charge in [-0.15, -0.1) is 0 Å². The van der Waals surface area contributed by atoms with Gasteiger partial charge in [0.1, 0.15) is 0 Å². The lowest BCUT2D eigenvalue weighted by atomic mass is 10.1. The van der Waals surface area contributed by atoms with E-state index in [1.165, 1.54) is 12.1 Å². The average Bonchev–Trinajstić information content (AvgIpc) is 2.67. The van der Waals surface area contributed by atoms with Crippen LogP contribution in [0.1, 0.15) is 13.3 Å². The lowest BCUT2D eigenvalue weighted by Crippen LogP contribution is -2.32. The highest BCUT2D eigenvalue weighted by Gasteiger charge is 2.31. The van der Waals surface area contributed by atoms with Crippen LogP contribution in [0.3, 0.4) is 0 Å². The Balaban J connectivity index is 1.97. The molecule has 1 fully saturated rings. The van der Waals surface area contributed by atoms with Crippen molar-refractivity contribution in [2.24, 2.45) is 0 Å². The Bertz CT molecular complexity index is 540. The van der Waals surface area contributed by atoms with Gasteiger partial charge in [-0.2, -0.15) is 0 Å². The molecule has 0 bridgehead atoms. The van der Waals surface area contributed by atoms with Crippen LogP contribution in [-0.2, 0) is 9.84 Å². The predicted molar refractivity (Wildman–Crippen MR) is 75.2 cm³/mol. The van der Waals surface area contributed by atoms with Crippen molar-refractivity contribution in [1.29, 1.82) is 0 Å². The Morgan fingerprint density at radius 2 is 2.00 bits per heavy atom. The molecule has 1 aromatic carbocycles. The van der Waals surface area contributed by atoms with Crippen molar-refractivity contribution < 1.29 is 13.5 Å². The van der Waals surface area contributed by atoms with Crippen LogP contribution in [-0.4, -0.2) is 49.4 Å². The lowest BCUT2D eigenvalue weighted by molar-refractivity contribution is 0.0696. The first kappa shape index (κ1) is 14.8. The van der Waals surface area contributed by atoms with Crippen LogP contribution in [0.25, 0.3) is 0 Å². The topological polar surface area (TPSA) is 57.6 Å². The standard InChI is InChI=1S/C13H18ClNO3S/c1-13(16)6-7-15(10-13)8-9-19(17,18)12-4-2-11(14)3-5-12/h2-5,16H,6-10H2,1H3. The Labute approximate surface area is 118 Å². The summed E-state index contributed by atoms with van der Waals surface area (Å²) in [5.41, 5.74) is -0.690. The van der Waals surface area contributed by atoms with Crippen molar-refractivity contribution in [1.82, 2.24) is 4.90 Å². The molecule has 6 heteroatoms. The number of hydrogen-bond acceptors (Lipinski definition) is 4. The Morgan fingerprint density at radius 1 is 1.37 bits per heavy atom. The second kappa shape index (κ2) is 5.40. The summed E-state index contributed by atoms with van der Waals surface area (Å²) in [4.78, 5) is 2.27. The first-order chi connectivity index (χ1) is 8.78. The van der Waals surface area contributed by atoms with Gasteiger partial charge in [0.05, 0.1) is 16.2 Å². The molecule has 1 aliphatic rings. The summed E-state index contributed by atoms with van der Waals surface area (Å²) >= 11 is 5.74. The number of aliphatic hydroxyl groups is 1. The van der Waals surface area contributed by atoms with Gasteiger partial charge in [0.15, 0.2) is 9.84 Å².